The van der Waals surface area contributed by atoms with Crippen molar-refractivity contribution < 1.29 is 4.79 Å². The number of carbonyl (C=O) groups excluding carboxylic acids is 1. The van der Waals surface area contributed by atoms with Crippen molar-refractivity contribution in [2.75, 3.05) is 11.9 Å². The minimum absolute atomic E-state index is 0.418. The number of carbonyl (C=O) groups is 1. The zero-order valence-electron chi connectivity index (χ0n) is 8.71. The van der Waals surface area contributed by atoms with Gasteiger partial charge in [0.05, 0.1) is 0 Å². The second-order valence-corrected chi connectivity index (χ2v) is 3.04. The van der Waals surface area contributed by atoms with Gasteiger partial charge in [0.15, 0.2) is 0 Å². The Labute approximate surface area is 89.9 Å². The Kier molecular flexibility index (Phi) is 4.39. The molecule has 3 heteroatoms. The van der Waals surface area contributed by atoms with Crippen LogP contribution in [0.3, 0.4) is 0 Å². The minimum atomic E-state index is -0.418. The summed E-state index contributed by atoms with van der Waals surface area (Å²) in [5.41, 5.74) is 1.80. The molecule has 78 valence electrons. The van der Waals surface area contributed by atoms with E-state index < -0.39 is 5.91 Å². The molecule has 0 aliphatic rings. The van der Waals surface area contributed by atoms with Crippen LogP contribution in [-0.2, 0) is 11.3 Å². The highest BCUT2D eigenvalue weighted by Gasteiger charge is 2.02. The van der Waals surface area contributed by atoms with Gasteiger partial charge in [-0.2, -0.15) is 0 Å². The van der Waals surface area contributed by atoms with Crippen molar-refractivity contribution in [3.05, 3.63) is 29.8 Å². The molecule has 0 heterocycles. The van der Waals surface area contributed by atoms with E-state index in [0.717, 1.165) is 24.3 Å². The molecule has 0 saturated heterocycles. The predicted molar refractivity (Wildman–Crippen MR) is 61.3 cm³/mol. The molecule has 0 aromatic heterocycles. The maximum Gasteiger partial charge on any atom is 0.300 e. The second-order valence-electron chi connectivity index (χ2n) is 3.04. The van der Waals surface area contributed by atoms with Crippen LogP contribution >= 0.6 is 0 Å². The Balaban J connectivity index is 2.77. The van der Waals surface area contributed by atoms with Gasteiger partial charge in [-0.1, -0.05) is 25.1 Å². The monoisotopic (exact) mass is 202 g/mol. The van der Waals surface area contributed by atoms with E-state index in [1.165, 1.54) is 0 Å². The summed E-state index contributed by atoms with van der Waals surface area (Å²) < 4.78 is 0. The van der Waals surface area contributed by atoms with Crippen molar-refractivity contribution in [2.24, 2.45) is 0 Å². The average molecular weight is 202 g/mol. The van der Waals surface area contributed by atoms with Gasteiger partial charge >= 0.3 is 0 Å². The smallest absolute Gasteiger partial charge is 0.300 e. The first-order valence-electron chi connectivity index (χ1n) is 4.84. The van der Waals surface area contributed by atoms with Crippen LogP contribution in [0.5, 0.6) is 0 Å². The number of para-hydroxylation sites is 1. The number of nitrogens with one attached hydrogen (secondary N) is 2. The first-order valence-corrected chi connectivity index (χ1v) is 4.84. The summed E-state index contributed by atoms with van der Waals surface area (Å²) in [4.78, 5) is 11.0. The highest BCUT2D eigenvalue weighted by atomic mass is 16.1. The third-order valence-electron chi connectivity index (χ3n) is 1.96. The summed E-state index contributed by atoms with van der Waals surface area (Å²) in [5.74, 6) is 1.61. The van der Waals surface area contributed by atoms with Crippen molar-refractivity contribution in [3.8, 4) is 12.3 Å². The fourth-order valence-corrected chi connectivity index (χ4v) is 1.21. The number of benzene rings is 1. The van der Waals surface area contributed by atoms with Crippen LogP contribution in [0.15, 0.2) is 24.3 Å². The topological polar surface area (TPSA) is 41.1 Å². The molecule has 0 radical (unpaired) electrons. The standard InChI is InChI=1S/C12H14N2O/c1-3-12(15)14-11-8-6-5-7-10(11)9-13-4-2/h1,5-8,13H,4,9H2,2H3,(H,14,15). The second kappa shape index (κ2) is 5.84. The largest absolute Gasteiger partial charge is 0.315 e. The predicted octanol–water partition coefficient (Wildman–Crippen LogP) is 1.37. The van der Waals surface area contributed by atoms with E-state index in [4.69, 9.17) is 6.42 Å². The lowest BCUT2D eigenvalue weighted by Gasteiger charge is -2.09. The molecule has 0 saturated carbocycles. The minimum Gasteiger partial charge on any atom is -0.315 e. The van der Waals surface area contributed by atoms with Gasteiger partial charge in [0.1, 0.15) is 0 Å². The molecule has 0 aliphatic carbocycles. The molecular weight excluding hydrogens is 188 g/mol. The van der Waals surface area contributed by atoms with Gasteiger partial charge in [-0.3, -0.25) is 4.79 Å². The van der Waals surface area contributed by atoms with Gasteiger partial charge in [-0.25, -0.2) is 0 Å². The van der Waals surface area contributed by atoms with Gasteiger partial charge in [-0.05, 0) is 24.1 Å². The molecule has 0 unspecified atom stereocenters. The molecule has 0 spiro atoms. The van der Waals surface area contributed by atoms with Crippen LogP contribution in [0.1, 0.15) is 12.5 Å². The molecule has 1 aromatic carbocycles. The molecule has 15 heavy (non-hydrogen) atoms. The number of anilines is 1. The fraction of sp³-hybridized carbons (Fsp3) is 0.250. The fourth-order valence-electron chi connectivity index (χ4n) is 1.21. The molecule has 0 bridgehead atoms. The lowest BCUT2D eigenvalue weighted by molar-refractivity contribution is -0.111. The SMILES string of the molecule is C#CC(=O)Nc1ccccc1CNCC. The zero-order chi connectivity index (χ0) is 11.1. The summed E-state index contributed by atoms with van der Waals surface area (Å²) in [6.45, 7) is 3.64. The third kappa shape index (κ3) is 3.45. The summed E-state index contributed by atoms with van der Waals surface area (Å²) in [5, 5.41) is 5.85. The molecule has 0 aliphatic heterocycles. The van der Waals surface area contributed by atoms with E-state index in [9.17, 15) is 4.79 Å². The van der Waals surface area contributed by atoms with Crippen LogP contribution in [-0.4, -0.2) is 12.5 Å². The summed E-state index contributed by atoms with van der Waals surface area (Å²) in [6, 6.07) is 7.58. The Hall–Kier alpha value is -1.79. The number of hydrogen-bond donors (Lipinski definition) is 2. The highest BCUT2D eigenvalue weighted by molar-refractivity contribution is 6.03. The number of hydrogen-bond acceptors (Lipinski definition) is 2. The lowest BCUT2D eigenvalue weighted by atomic mass is 10.1. The molecule has 1 aromatic rings. The first kappa shape index (κ1) is 11.3. The van der Waals surface area contributed by atoms with E-state index in [1.54, 1.807) is 0 Å². The van der Waals surface area contributed by atoms with Crippen LogP contribution in [0, 0.1) is 12.3 Å². The number of amides is 1. The van der Waals surface area contributed by atoms with Crippen molar-refractivity contribution in [1.29, 1.82) is 0 Å². The van der Waals surface area contributed by atoms with E-state index >= 15 is 0 Å². The Morgan fingerprint density at radius 3 is 2.87 bits per heavy atom. The van der Waals surface area contributed by atoms with E-state index in [1.807, 2.05) is 37.1 Å². The van der Waals surface area contributed by atoms with Crippen molar-refractivity contribution in [1.82, 2.24) is 5.32 Å². The summed E-state index contributed by atoms with van der Waals surface area (Å²) >= 11 is 0. The van der Waals surface area contributed by atoms with Crippen LogP contribution in [0.2, 0.25) is 0 Å². The number of terminal acetylenes is 1. The molecule has 3 nitrogen and oxygen atoms in total. The quantitative estimate of drug-likeness (QED) is 0.724. The molecular formula is C12H14N2O. The average Bonchev–Trinajstić information content (AvgIpc) is 2.28. The lowest BCUT2D eigenvalue weighted by Crippen LogP contribution is -2.15. The van der Waals surface area contributed by atoms with Gasteiger partial charge in [0.25, 0.3) is 5.91 Å². The normalized spacial score (nSPS) is 9.33. The maximum absolute atomic E-state index is 11.0. The Morgan fingerprint density at radius 1 is 1.47 bits per heavy atom. The first-order chi connectivity index (χ1) is 7.27. The molecule has 2 N–H and O–H groups in total. The Morgan fingerprint density at radius 2 is 2.20 bits per heavy atom. The van der Waals surface area contributed by atoms with Gasteiger partial charge in [-0.15, -0.1) is 6.42 Å². The zero-order valence-corrected chi connectivity index (χ0v) is 8.71. The van der Waals surface area contributed by atoms with E-state index in [-0.39, 0.29) is 0 Å². The number of rotatable bonds is 4. The van der Waals surface area contributed by atoms with Crippen molar-refractivity contribution in [3.63, 3.8) is 0 Å². The molecule has 1 amide bonds. The third-order valence-corrected chi connectivity index (χ3v) is 1.96. The van der Waals surface area contributed by atoms with Gasteiger partial charge < -0.3 is 10.6 Å². The summed E-state index contributed by atoms with van der Waals surface area (Å²) in [6.07, 6.45) is 4.99. The van der Waals surface area contributed by atoms with Gasteiger partial charge in [0.2, 0.25) is 0 Å². The van der Waals surface area contributed by atoms with Crippen LogP contribution < -0.4 is 10.6 Å². The summed E-state index contributed by atoms with van der Waals surface area (Å²) in [7, 11) is 0. The molecule has 1 rings (SSSR count). The van der Waals surface area contributed by atoms with Crippen molar-refractivity contribution >= 4 is 11.6 Å². The van der Waals surface area contributed by atoms with Gasteiger partial charge in [0, 0.05) is 12.2 Å². The highest BCUT2D eigenvalue weighted by Crippen LogP contribution is 2.14. The molecule has 0 fully saturated rings. The van der Waals surface area contributed by atoms with E-state index in [0.29, 0.717) is 0 Å². The van der Waals surface area contributed by atoms with Crippen molar-refractivity contribution in [2.45, 2.75) is 13.5 Å². The van der Waals surface area contributed by atoms with Crippen LogP contribution in [0.25, 0.3) is 0 Å². The van der Waals surface area contributed by atoms with Crippen LogP contribution in [0.4, 0.5) is 5.69 Å². The maximum atomic E-state index is 11.0. The molecule has 0 atom stereocenters. The van der Waals surface area contributed by atoms with E-state index in [2.05, 4.69) is 10.6 Å². The Bertz CT molecular complexity index is 379.